The van der Waals surface area contributed by atoms with E-state index in [0.29, 0.717) is 49.3 Å². The summed E-state index contributed by atoms with van der Waals surface area (Å²) in [4.78, 5) is 29.2. The van der Waals surface area contributed by atoms with Crippen LogP contribution in [0.3, 0.4) is 0 Å². The predicted octanol–water partition coefficient (Wildman–Crippen LogP) is 6.70. The van der Waals surface area contributed by atoms with Crippen LogP contribution in [0.2, 0.25) is 0 Å². The third kappa shape index (κ3) is 7.31. The zero-order chi connectivity index (χ0) is 34.5. The van der Waals surface area contributed by atoms with E-state index in [2.05, 4.69) is 51.2 Å². The number of H-pyrrole nitrogens is 1. The minimum Gasteiger partial charge on any atom is -0.493 e. The van der Waals surface area contributed by atoms with Crippen molar-refractivity contribution in [2.24, 2.45) is 5.41 Å². The lowest BCUT2D eigenvalue weighted by Gasteiger charge is -2.39. The molecule has 3 aromatic carbocycles. The number of amides is 1. The van der Waals surface area contributed by atoms with Gasteiger partial charge in [-0.25, -0.2) is 4.98 Å². The molecule has 2 aliphatic heterocycles. The Balaban J connectivity index is 1.04. The molecule has 1 N–H and O–H groups in total. The molecule has 4 heterocycles. The number of hydrogen-bond acceptors (Lipinski definition) is 8. The summed E-state index contributed by atoms with van der Waals surface area (Å²) in [6.45, 7) is 4.80. The van der Waals surface area contributed by atoms with Crippen LogP contribution in [-0.4, -0.2) is 79.2 Å². The first-order valence-electron chi connectivity index (χ1n) is 17.5. The maximum atomic E-state index is 13.7. The molecule has 0 saturated carbocycles. The highest BCUT2D eigenvalue weighted by molar-refractivity contribution is 5.80. The van der Waals surface area contributed by atoms with Crippen molar-refractivity contribution in [2.75, 3.05) is 52.4 Å². The minimum atomic E-state index is -0.157. The molecule has 7 rings (SSSR count). The van der Waals surface area contributed by atoms with Crippen LogP contribution >= 0.6 is 0 Å². The SMILES string of the molecule is COc1cc(CN2CC(CCN3CCC(N(Cc4ccco4)c4nc5ccccc5[nH]4)CC3)(Cc3ccccc3)CC2=O)cc(OC)c1OC. The van der Waals surface area contributed by atoms with E-state index in [-0.39, 0.29) is 11.3 Å². The third-order valence-electron chi connectivity index (χ3n) is 10.4. The number of furan rings is 1. The Kier molecular flexibility index (Phi) is 9.98. The van der Waals surface area contributed by atoms with Gasteiger partial charge in [0.05, 0.1) is 45.2 Å². The van der Waals surface area contributed by atoms with Crippen molar-refractivity contribution in [3.8, 4) is 17.2 Å². The van der Waals surface area contributed by atoms with Crippen molar-refractivity contribution >= 4 is 22.9 Å². The molecule has 2 fully saturated rings. The first-order chi connectivity index (χ1) is 24.5. The summed E-state index contributed by atoms with van der Waals surface area (Å²) in [5.41, 5.74) is 4.08. The second-order valence-corrected chi connectivity index (χ2v) is 13.7. The third-order valence-corrected chi connectivity index (χ3v) is 10.4. The molecule has 1 amide bonds. The van der Waals surface area contributed by atoms with Gasteiger partial charge in [0.2, 0.25) is 17.6 Å². The molecule has 0 radical (unpaired) electrons. The number of piperidine rings is 1. The van der Waals surface area contributed by atoms with Gasteiger partial charge in [-0.1, -0.05) is 42.5 Å². The number of likely N-dealkylation sites (tertiary alicyclic amines) is 2. The molecule has 50 heavy (non-hydrogen) atoms. The number of aromatic amines is 1. The average molecular weight is 678 g/mol. The van der Waals surface area contributed by atoms with Gasteiger partial charge in [-0.3, -0.25) is 4.79 Å². The van der Waals surface area contributed by atoms with Gasteiger partial charge in [0.15, 0.2) is 11.5 Å². The number of benzene rings is 3. The van der Waals surface area contributed by atoms with Crippen molar-refractivity contribution in [2.45, 2.75) is 51.2 Å². The number of fused-ring (bicyclic) bond motifs is 1. The average Bonchev–Trinajstić information content (AvgIpc) is 3.89. The van der Waals surface area contributed by atoms with Crippen LogP contribution in [0.5, 0.6) is 17.2 Å². The van der Waals surface area contributed by atoms with Gasteiger partial charge < -0.3 is 38.3 Å². The smallest absolute Gasteiger partial charge is 0.223 e. The monoisotopic (exact) mass is 677 g/mol. The van der Waals surface area contributed by atoms with E-state index < -0.39 is 0 Å². The Hall–Kier alpha value is -4.96. The summed E-state index contributed by atoms with van der Waals surface area (Å²) in [6.07, 6.45) is 6.13. The zero-order valence-corrected chi connectivity index (χ0v) is 29.3. The van der Waals surface area contributed by atoms with Crippen molar-refractivity contribution in [1.82, 2.24) is 19.8 Å². The summed E-state index contributed by atoms with van der Waals surface area (Å²) < 4.78 is 22.5. The number of rotatable bonds is 14. The Morgan fingerprint density at radius 1 is 0.920 bits per heavy atom. The zero-order valence-electron chi connectivity index (χ0n) is 29.3. The van der Waals surface area contributed by atoms with E-state index >= 15 is 0 Å². The predicted molar refractivity (Wildman–Crippen MR) is 194 cm³/mol. The van der Waals surface area contributed by atoms with E-state index in [0.717, 1.165) is 73.6 Å². The number of ether oxygens (including phenoxy) is 3. The van der Waals surface area contributed by atoms with Crippen LogP contribution in [0.4, 0.5) is 5.95 Å². The quantitative estimate of drug-likeness (QED) is 0.139. The van der Waals surface area contributed by atoms with Crippen LogP contribution in [0.15, 0.2) is 89.5 Å². The molecule has 5 aromatic rings. The van der Waals surface area contributed by atoms with Gasteiger partial charge in [-0.2, -0.15) is 0 Å². The first kappa shape index (κ1) is 33.5. The fourth-order valence-electron chi connectivity index (χ4n) is 7.85. The van der Waals surface area contributed by atoms with Gasteiger partial charge >= 0.3 is 0 Å². The fourth-order valence-corrected chi connectivity index (χ4v) is 7.85. The summed E-state index contributed by atoms with van der Waals surface area (Å²) in [5, 5.41) is 0. The molecule has 2 saturated heterocycles. The van der Waals surface area contributed by atoms with Gasteiger partial charge in [0, 0.05) is 44.1 Å². The Morgan fingerprint density at radius 2 is 1.66 bits per heavy atom. The number of methoxy groups -OCH3 is 3. The number of carbonyl (C=O) groups is 1. The number of anilines is 1. The largest absolute Gasteiger partial charge is 0.493 e. The van der Waals surface area contributed by atoms with Crippen LogP contribution in [0, 0.1) is 5.41 Å². The van der Waals surface area contributed by atoms with Gasteiger partial charge in [0.1, 0.15) is 5.76 Å². The summed E-state index contributed by atoms with van der Waals surface area (Å²) in [7, 11) is 4.83. The number of nitrogens with zero attached hydrogens (tertiary/aromatic N) is 4. The normalized spacial score (nSPS) is 18.5. The molecule has 2 aromatic heterocycles. The topological polar surface area (TPSA) is 96.3 Å². The van der Waals surface area contributed by atoms with Crippen LogP contribution < -0.4 is 19.1 Å². The summed E-state index contributed by atoms with van der Waals surface area (Å²) in [6, 6.07) is 27.0. The molecule has 262 valence electrons. The molecule has 0 spiro atoms. The minimum absolute atomic E-state index is 0.157. The summed E-state index contributed by atoms with van der Waals surface area (Å²) >= 11 is 0. The van der Waals surface area contributed by atoms with Crippen molar-refractivity contribution in [3.63, 3.8) is 0 Å². The van der Waals surface area contributed by atoms with E-state index in [4.69, 9.17) is 23.6 Å². The van der Waals surface area contributed by atoms with E-state index in [1.807, 2.05) is 47.4 Å². The van der Waals surface area contributed by atoms with Gasteiger partial charge in [-0.05, 0) is 79.8 Å². The number of aromatic nitrogens is 2. The van der Waals surface area contributed by atoms with Crippen molar-refractivity contribution < 1.29 is 23.4 Å². The maximum Gasteiger partial charge on any atom is 0.223 e. The van der Waals surface area contributed by atoms with E-state index in [1.54, 1.807) is 27.6 Å². The molecule has 1 unspecified atom stereocenters. The Bertz CT molecular complexity index is 1810. The highest BCUT2D eigenvalue weighted by atomic mass is 16.5. The lowest BCUT2D eigenvalue weighted by Crippen LogP contribution is -2.46. The molecule has 10 nitrogen and oxygen atoms in total. The molecule has 0 aliphatic carbocycles. The lowest BCUT2D eigenvalue weighted by molar-refractivity contribution is -0.128. The second kappa shape index (κ2) is 14.9. The molecule has 1 atom stereocenters. The molecular formula is C40H47N5O5. The van der Waals surface area contributed by atoms with Crippen molar-refractivity contribution in [1.29, 1.82) is 0 Å². The number of para-hydroxylation sites is 2. The number of hydrogen-bond donors (Lipinski definition) is 1. The highest BCUT2D eigenvalue weighted by Gasteiger charge is 2.43. The molecule has 0 bridgehead atoms. The highest BCUT2D eigenvalue weighted by Crippen LogP contribution is 2.42. The van der Waals surface area contributed by atoms with E-state index in [9.17, 15) is 4.79 Å². The number of imidazole rings is 1. The number of carbonyl (C=O) groups excluding carboxylic acids is 1. The standard InChI is InChI=1S/C40H47N5O5/c1-47-35-22-30(23-36(48-2)38(35)49-3)26-44-28-40(25-37(44)46,24-29-10-5-4-6-11-29)17-20-43-18-15-31(16-19-43)45(27-32-12-9-21-50-32)39-41-33-13-7-8-14-34(33)42-39/h4-14,21-23,31H,15-20,24-28H2,1-3H3,(H,41,42). The van der Waals surface area contributed by atoms with Crippen molar-refractivity contribution in [3.05, 3.63) is 102 Å². The lowest BCUT2D eigenvalue weighted by atomic mass is 9.77. The van der Waals surface area contributed by atoms with Gasteiger partial charge in [-0.15, -0.1) is 0 Å². The van der Waals surface area contributed by atoms with Crippen LogP contribution in [0.1, 0.15) is 42.6 Å². The Morgan fingerprint density at radius 3 is 2.34 bits per heavy atom. The molecule has 2 aliphatic rings. The molecular weight excluding hydrogens is 630 g/mol. The number of nitrogens with one attached hydrogen (secondary N) is 1. The maximum absolute atomic E-state index is 13.7. The van der Waals surface area contributed by atoms with Gasteiger partial charge in [0.25, 0.3) is 0 Å². The van der Waals surface area contributed by atoms with E-state index in [1.165, 1.54) is 5.56 Å². The molecule has 10 heteroatoms. The second-order valence-electron chi connectivity index (χ2n) is 13.7. The Labute approximate surface area is 293 Å². The fraction of sp³-hybridized carbons (Fsp3) is 0.400. The first-order valence-corrected chi connectivity index (χ1v) is 17.5. The van der Waals surface area contributed by atoms with Crippen LogP contribution in [-0.2, 0) is 24.3 Å². The van der Waals surface area contributed by atoms with Crippen LogP contribution in [0.25, 0.3) is 11.0 Å². The summed E-state index contributed by atoms with van der Waals surface area (Å²) in [5.74, 6) is 3.74.